The van der Waals surface area contributed by atoms with Crippen LogP contribution in [0.25, 0.3) is 0 Å². The molecular formula is C14H14F3NO3. The Morgan fingerprint density at radius 3 is 2.48 bits per heavy atom. The molecule has 21 heavy (non-hydrogen) atoms. The van der Waals surface area contributed by atoms with Gasteiger partial charge in [-0.2, -0.15) is 5.26 Å². The maximum atomic E-state index is 12.5. The highest BCUT2D eigenvalue weighted by atomic mass is 19.4. The lowest BCUT2D eigenvalue weighted by atomic mass is 9.99. The number of hydrogen-bond donors (Lipinski definition) is 0. The van der Waals surface area contributed by atoms with Gasteiger partial charge < -0.3 is 9.47 Å². The first kappa shape index (κ1) is 16.8. The van der Waals surface area contributed by atoms with Crippen LogP contribution in [0.3, 0.4) is 0 Å². The fourth-order valence-electron chi connectivity index (χ4n) is 1.76. The Balaban J connectivity index is 3.29. The van der Waals surface area contributed by atoms with Crippen molar-refractivity contribution in [3.05, 3.63) is 28.8 Å². The first-order valence-electron chi connectivity index (χ1n) is 6.28. The Bertz CT molecular complexity index is 562. The number of hydrogen-bond acceptors (Lipinski definition) is 4. The summed E-state index contributed by atoms with van der Waals surface area (Å²) in [5.41, 5.74) is 0.366. The molecule has 0 aliphatic rings. The molecule has 0 fully saturated rings. The van der Waals surface area contributed by atoms with E-state index in [0.29, 0.717) is 12.0 Å². The second-order valence-corrected chi connectivity index (χ2v) is 4.12. The highest BCUT2D eigenvalue weighted by molar-refractivity contribution is 5.75. The SMILES string of the molecule is CCOC(=O)Cc1c(C#N)cc(CC)cc1OC(F)(F)F. The molecule has 0 amide bonds. The van der Waals surface area contributed by atoms with E-state index in [1.165, 1.54) is 12.1 Å². The zero-order valence-electron chi connectivity index (χ0n) is 11.6. The third-order valence-electron chi connectivity index (χ3n) is 2.65. The largest absolute Gasteiger partial charge is 0.573 e. The van der Waals surface area contributed by atoms with Crippen LogP contribution in [-0.2, 0) is 22.4 Å². The maximum Gasteiger partial charge on any atom is 0.573 e. The van der Waals surface area contributed by atoms with Gasteiger partial charge in [0.1, 0.15) is 5.75 Å². The van der Waals surface area contributed by atoms with Crippen molar-refractivity contribution in [3.63, 3.8) is 0 Å². The fraction of sp³-hybridized carbons (Fsp3) is 0.429. The molecule has 0 saturated heterocycles. The number of alkyl halides is 3. The summed E-state index contributed by atoms with van der Waals surface area (Å²) < 4.78 is 46.0. The van der Waals surface area contributed by atoms with Gasteiger partial charge in [0.15, 0.2) is 0 Å². The van der Waals surface area contributed by atoms with E-state index in [0.717, 1.165) is 0 Å². The van der Waals surface area contributed by atoms with E-state index in [1.54, 1.807) is 19.9 Å². The molecule has 7 heteroatoms. The fourth-order valence-corrected chi connectivity index (χ4v) is 1.76. The highest BCUT2D eigenvalue weighted by Crippen LogP contribution is 2.31. The van der Waals surface area contributed by atoms with Crippen LogP contribution >= 0.6 is 0 Å². The van der Waals surface area contributed by atoms with Crippen LogP contribution < -0.4 is 4.74 Å². The van der Waals surface area contributed by atoms with Gasteiger partial charge in [-0.15, -0.1) is 13.2 Å². The summed E-state index contributed by atoms with van der Waals surface area (Å²) in [6.07, 6.45) is -4.92. The lowest BCUT2D eigenvalue weighted by Crippen LogP contribution is -2.20. The molecule has 1 rings (SSSR count). The number of nitriles is 1. The summed E-state index contributed by atoms with van der Waals surface area (Å²) in [6, 6.07) is 4.41. The molecule has 0 atom stereocenters. The number of carbonyl (C=O) groups is 1. The van der Waals surface area contributed by atoms with Crippen molar-refractivity contribution < 1.29 is 27.4 Å². The molecule has 0 radical (unpaired) electrons. The van der Waals surface area contributed by atoms with Crippen LogP contribution in [0.1, 0.15) is 30.5 Å². The molecule has 0 aliphatic carbocycles. The summed E-state index contributed by atoms with van der Waals surface area (Å²) >= 11 is 0. The number of benzene rings is 1. The predicted octanol–water partition coefficient (Wildman–Crippen LogP) is 3.12. The quantitative estimate of drug-likeness (QED) is 0.784. The molecule has 4 nitrogen and oxygen atoms in total. The molecule has 1 aromatic rings. The Labute approximate surface area is 120 Å². The third-order valence-corrected chi connectivity index (χ3v) is 2.65. The van der Waals surface area contributed by atoms with Crippen molar-refractivity contribution in [2.75, 3.05) is 6.61 Å². The van der Waals surface area contributed by atoms with Gasteiger partial charge in [0, 0.05) is 5.56 Å². The summed E-state index contributed by atoms with van der Waals surface area (Å²) in [5.74, 6) is -1.25. The van der Waals surface area contributed by atoms with Crippen LogP contribution in [0.2, 0.25) is 0 Å². The average Bonchev–Trinajstić information content (AvgIpc) is 2.39. The summed E-state index contributed by atoms with van der Waals surface area (Å²) in [5, 5.41) is 9.07. The zero-order chi connectivity index (χ0) is 16.0. The number of aryl methyl sites for hydroxylation is 1. The molecule has 1 aromatic carbocycles. The lowest BCUT2D eigenvalue weighted by molar-refractivity contribution is -0.275. The summed E-state index contributed by atoms with van der Waals surface area (Å²) in [4.78, 5) is 11.5. The minimum absolute atomic E-state index is 0.0262. The molecule has 0 aliphatic heterocycles. The first-order chi connectivity index (χ1) is 9.80. The van der Waals surface area contributed by atoms with Crippen LogP contribution in [0.4, 0.5) is 13.2 Å². The van der Waals surface area contributed by atoms with Crippen molar-refractivity contribution in [2.24, 2.45) is 0 Å². The van der Waals surface area contributed by atoms with Gasteiger partial charge in [-0.1, -0.05) is 6.92 Å². The van der Waals surface area contributed by atoms with Crippen molar-refractivity contribution in [1.82, 2.24) is 0 Å². The molecule has 0 saturated carbocycles. The normalized spacial score (nSPS) is 10.9. The van der Waals surface area contributed by atoms with Gasteiger partial charge >= 0.3 is 12.3 Å². The van der Waals surface area contributed by atoms with E-state index in [-0.39, 0.29) is 17.7 Å². The lowest BCUT2D eigenvalue weighted by Gasteiger charge is -2.15. The minimum Gasteiger partial charge on any atom is -0.466 e. The first-order valence-corrected chi connectivity index (χ1v) is 6.28. The summed E-state index contributed by atoms with van der Waals surface area (Å²) in [7, 11) is 0. The average molecular weight is 301 g/mol. The monoisotopic (exact) mass is 301 g/mol. The minimum atomic E-state index is -4.90. The van der Waals surface area contributed by atoms with Gasteiger partial charge in [0.2, 0.25) is 0 Å². The topological polar surface area (TPSA) is 59.3 Å². The number of rotatable bonds is 5. The van der Waals surface area contributed by atoms with Crippen molar-refractivity contribution in [1.29, 1.82) is 5.26 Å². The van der Waals surface area contributed by atoms with Crippen molar-refractivity contribution in [2.45, 2.75) is 33.1 Å². The van der Waals surface area contributed by atoms with Gasteiger partial charge in [-0.05, 0) is 31.0 Å². The molecule has 0 bridgehead atoms. The number of nitrogens with zero attached hydrogens (tertiary/aromatic N) is 1. The number of carbonyl (C=O) groups excluding carboxylic acids is 1. The smallest absolute Gasteiger partial charge is 0.466 e. The third kappa shape index (κ3) is 4.99. The van der Waals surface area contributed by atoms with Gasteiger partial charge in [0.05, 0.1) is 24.7 Å². The molecule has 114 valence electrons. The van der Waals surface area contributed by atoms with Crippen LogP contribution in [-0.4, -0.2) is 18.9 Å². The molecule has 0 unspecified atom stereocenters. The van der Waals surface area contributed by atoms with E-state index in [9.17, 15) is 18.0 Å². The highest BCUT2D eigenvalue weighted by Gasteiger charge is 2.33. The van der Waals surface area contributed by atoms with Crippen LogP contribution in [0.15, 0.2) is 12.1 Å². The standard InChI is InChI=1S/C14H14F3NO3/c1-3-9-5-10(8-18)11(7-13(19)20-4-2)12(6-9)21-14(15,16)17/h5-6H,3-4,7H2,1-2H3. The van der Waals surface area contributed by atoms with E-state index in [4.69, 9.17) is 10.00 Å². The Morgan fingerprint density at radius 2 is 2.00 bits per heavy atom. The number of esters is 1. The zero-order valence-corrected chi connectivity index (χ0v) is 11.6. The van der Waals surface area contributed by atoms with E-state index in [1.807, 2.05) is 0 Å². The number of halogens is 3. The Kier molecular flexibility index (Phi) is 5.59. The second kappa shape index (κ2) is 6.97. The Hall–Kier alpha value is -2.23. The molecular weight excluding hydrogens is 287 g/mol. The van der Waals surface area contributed by atoms with Gasteiger partial charge in [-0.3, -0.25) is 4.79 Å². The predicted molar refractivity (Wildman–Crippen MR) is 67.6 cm³/mol. The van der Waals surface area contributed by atoms with Crippen molar-refractivity contribution in [3.8, 4) is 11.8 Å². The second-order valence-electron chi connectivity index (χ2n) is 4.12. The Morgan fingerprint density at radius 1 is 1.33 bits per heavy atom. The van der Waals surface area contributed by atoms with Crippen LogP contribution in [0, 0.1) is 11.3 Å². The van der Waals surface area contributed by atoms with Crippen LogP contribution in [0.5, 0.6) is 5.75 Å². The van der Waals surface area contributed by atoms with Crippen molar-refractivity contribution >= 4 is 5.97 Å². The molecule has 0 heterocycles. The van der Waals surface area contributed by atoms with E-state index >= 15 is 0 Å². The molecule has 0 aromatic heterocycles. The van der Waals surface area contributed by atoms with E-state index in [2.05, 4.69) is 4.74 Å². The summed E-state index contributed by atoms with van der Waals surface area (Å²) in [6.45, 7) is 3.42. The molecule has 0 N–H and O–H groups in total. The molecule has 0 spiro atoms. The number of ether oxygens (including phenoxy) is 2. The van der Waals surface area contributed by atoms with Gasteiger partial charge in [0.25, 0.3) is 0 Å². The maximum absolute atomic E-state index is 12.5. The van der Waals surface area contributed by atoms with Gasteiger partial charge in [-0.25, -0.2) is 0 Å². The van der Waals surface area contributed by atoms with E-state index < -0.39 is 24.5 Å².